The first-order valence-corrected chi connectivity index (χ1v) is 8.44. The zero-order valence-electron chi connectivity index (χ0n) is 12.1. The van der Waals surface area contributed by atoms with Gasteiger partial charge in [-0.25, -0.2) is 8.42 Å². The Morgan fingerprint density at radius 2 is 2.05 bits per heavy atom. The largest absolute Gasteiger partial charge is 0.459 e. The van der Waals surface area contributed by atoms with Crippen LogP contribution in [-0.2, 0) is 14.8 Å². The van der Waals surface area contributed by atoms with Gasteiger partial charge in [0.1, 0.15) is 0 Å². The molecule has 1 aliphatic heterocycles. The third-order valence-corrected chi connectivity index (χ3v) is 4.97. The van der Waals surface area contributed by atoms with Gasteiger partial charge >= 0.3 is 0 Å². The van der Waals surface area contributed by atoms with E-state index in [9.17, 15) is 13.2 Å². The number of carbonyl (C=O) groups is 1. The highest BCUT2D eigenvalue weighted by Gasteiger charge is 2.30. The second-order valence-corrected chi connectivity index (χ2v) is 7.21. The van der Waals surface area contributed by atoms with Crippen molar-refractivity contribution in [1.82, 2.24) is 9.62 Å². The number of amides is 1. The van der Waals surface area contributed by atoms with Crippen LogP contribution in [0.1, 0.15) is 24.4 Å². The summed E-state index contributed by atoms with van der Waals surface area (Å²) < 4.78 is 36.4. The van der Waals surface area contributed by atoms with E-state index in [4.69, 9.17) is 9.15 Å². The monoisotopic (exact) mass is 316 g/mol. The highest BCUT2D eigenvalue weighted by atomic mass is 32.2. The molecule has 1 amide bonds. The van der Waals surface area contributed by atoms with Crippen LogP contribution >= 0.6 is 0 Å². The van der Waals surface area contributed by atoms with Gasteiger partial charge in [0, 0.05) is 19.6 Å². The third kappa shape index (κ3) is 4.29. The molecule has 0 saturated carbocycles. The summed E-state index contributed by atoms with van der Waals surface area (Å²) in [6, 6.07) is 3.12. The molecular formula is C13H20N2O5S. The van der Waals surface area contributed by atoms with Gasteiger partial charge in [0.05, 0.1) is 24.2 Å². The predicted octanol–water partition coefficient (Wildman–Crippen LogP) is 0.448. The molecule has 1 aromatic heterocycles. The standard InChI is InChI=1S/C13H20N2O5S/c1-10-8-15(9-11(2)20-10)21(17,18)7-5-14-13(16)12-4-3-6-19-12/h3-4,6,10-11H,5,7-9H2,1-2H3,(H,14,16)/t10-,11-/m1/s1. The second kappa shape index (κ2) is 6.59. The third-order valence-electron chi connectivity index (χ3n) is 3.17. The minimum absolute atomic E-state index is 0.0436. The fourth-order valence-corrected chi connectivity index (χ4v) is 3.77. The number of morpholine rings is 1. The fourth-order valence-electron chi connectivity index (χ4n) is 2.28. The number of nitrogens with zero attached hydrogens (tertiary/aromatic N) is 1. The lowest BCUT2D eigenvalue weighted by molar-refractivity contribution is -0.0440. The van der Waals surface area contributed by atoms with Crippen LogP contribution < -0.4 is 5.32 Å². The Labute approximate surface area is 124 Å². The lowest BCUT2D eigenvalue weighted by Crippen LogP contribution is -2.49. The van der Waals surface area contributed by atoms with E-state index in [2.05, 4.69) is 5.32 Å². The van der Waals surface area contributed by atoms with Gasteiger partial charge in [-0.05, 0) is 26.0 Å². The molecule has 1 saturated heterocycles. The summed E-state index contributed by atoms with van der Waals surface area (Å²) >= 11 is 0. The molecule has 2 rings (SSSR count). The van der Waals surface area contributed by atoms with Crippen molar-refractivity contribution in [3.8, 4) is 0 Å². The van der Waals surface area contributed by atoms with Crippen molar-refractivity contribution in [1.29, 1.82) is 0 Å². The summed E-state index contributed by atoms with van der Waals surface area (Å²) in [4.78, 5) is 11.6. The van der Waals surface area contributed by atoms with Gasteiger partial charge in [-0.3, -0.25) is 4.79 Å². The Morgan fingerprint density at radius 3 is 2.62 bits per heavy atom. The van der Waals surface area contributed by atoms with Crippen molar-refractivity contribution in [2.75, 3.05) is 25.4 Å². The Morgan fingerprint density at radius 1 is 1.38 bits per heavy atom. The first-order valence-electron chi connectivity index (χ1n) is 6.83. The van der Waals surface area contributed by atoms with E-state index in [0.717, 1.165) is 0 Å². The maximum Gasteiger partial charge on any atom is 0.287 e. The van der Waals surface area contributed by atoms with Crippen LogP contribution in [-0.4, -0.2) is 56.2 Å². The maximum absolute atomic E-state index is 12.2. The molecule has 21 heavy (non-hydrogen) atoms. The van der Waals surface area contributed by atoms with Crippen molar-refractivity contribution in [2.24, 2.45) is 0 Å². The van der Waals surface area contributed by atoms with Crippen molar-refractivity contribution < 1.29 is 22.4 Å². The van der Waals surface area contributed by atoms with Crippen LogP contribution in [0.3, 0.4) is 0 Å². The van der Waals surface area contributed by atoms with Crippen molar-refractivity contribution in [3.63, 3.8) is 0 Å². The molecular weight excluding hydrogens is 296 g/mol. The van der Waals surface area contributed by atoms with Crippen LogP contribution in [0.5, 0.6) is 0 Å². The molecule has 0 bridgehead atoms. The summed E-state index contributed by atoms with van der Waals surface area (Å²) in [6.45, 7) is 4.42. The Balaban J connectivity index is 1.85. The summed E-state index contributed by atoms with van der Waals surface area (Å²) in [6.07, 6.45) is 1.14. The van der Waals surface area contributed by atoms with Crippen LogP contribution in [0.25, 0.3) is 0 Å². The van der Waals surface area contributed by atoms with E-state index in [1.165, 1.54) is 16.6 Å². The van der Waals surface area contributed by atoms with Gasteiger partial charge in [-0.2, -0.15) is 4.31 Å². The first kappa shape index (κ1) is 16.0. The van der Waals surface area contributed by atoms with E-state index in [0.29, 0.717) is 13.1 Å². The fraction of sp³-hybridized carbons (Fsp3) is 0.615. The lowest BCUT2D eigenvalue weighted by atomic mass is 10.3. The van der Waals surface area contributed by atoms with Crippen LogP contribution in [0, 0.1) is 0 Å². The summed E-state index contributed by atoms with van der Waals surface area (Å²) in [5.74, 6) is -0.390. The molecule has 1 fully saturated rings. The smallest absolute Gasteiger partial charge is 0.287 e. The minimum atomic E-state index is -3.41. The van der Waals surface area contributed by atoms with Gasteiger partial charge in [-0.15, -0.1) is 0 Å². The van der Waals surface area contributed by atoms with Crippen molar-refractivity contribution in [2.45, 2.75) is 26.1 Å². The number of hydrogen-bond donors (Lipinski definition) is 1. The van der Waals surface area contributed by atoms with Gasteiger partial charge in [0.15, 0.2) is 5.76 Å². The summed E-state index contributed by atoms with van der Waals surface area (Å²) in [7, 11) is -3.41. The minimum Gasteiger partial charge on any atom is -0.459 e. The van der Waals surface area contributed by atoms with E-state index in [1.807, 2.05) is 13.8 Å². The normalized spacial score (nSPS) is 23.9. The SMILES string of the molecule is C[C@@H]1CN(S(=O)(=O)CCNC(=O)c2ccco2)C[C@@H](C)O1. The quantitative estimate of drug-likeness (QED) is 0.852. The molecule has 0 unspecified atom stereocenters. The van der Waals surface area contributed by atoms with Crippen LogP contribution in [0.2, 0.25) is 0 Å². The van der Waals surface area contributed by atoms with Crippen molar-refractivity contribution >= 4 is 15.9 Å². The molecule has 2 heterocycles. The average molecular weight is 316 g/mol. The average Bonchev–Trinajstić information content (AvgIpc) is 2.91. The Hall–Kier alpha value is -1.38. The van der Waals surface area contributed by atoms with Crippen molar-refractivity contribution in [3.05, 3.63) is 24.2 Å². The van der Waals surface area contributed by atoms with E-state index < -0.39 is 15.9 Å². The molecule has 1 aromatic rings. The second-order valence-electron chi connectivity index (χ2n) is 5.12. The highest BCUT2D eigenvalue weighted by molar-refractivity contribution is 7.89. The molecule has 1 N–H and O–H groups in total. The number of hydrogen-bond acceptors (Lipinski definition) is 5. The number of rotatable bonds is 5. The van der Waals surface area contributed by atoms with E-state index in [-0.39, 0.29) is 30.3 Å². The molecule has 1 aliphatic rings. The first-order chi connectivity index (χ1) is 9.88. The number of nitrogens with one attached hydrogen (secondary N) is 1. The van der Waals surface area contributed by atoms with Crippen LogP contribution in [0.4, 0.5) is 0 Å². The van der Waals surface area contributed by atoms with E-state index in [1.54, 1.807) is 6.07 Å². The summed E-state index contributed by atoms with van der Waals surface area (Å²) in [5, 5.41) is 2.53. The number of carbonyl (C=O) groups excluding carboxylic acids is 1. The Bertz CT molecular complexity index is 559. The molecule has 0 aliphatic carbocycles. The number of furan rings is 1. The van der Waals surface area contributed by atoms with Gasteiger partial charge in [0.2, 0.25) is 10.0 Å². The molecule has 8 heteroatoms. The Kier molecular flexibility index (Phi) is 5.02. The maximum atomic E-state index is 12.2. The van der Waals surface area contributed by atoms with Gasteiger partial charge in [-0.1, -0.05) is 0 Å². The number of ether oxygens (including phenoxy) is 1. The topological polar surface area (TPSA) is 88.9 Å². The summed E-state index contributed by atoms with van der Waals surface area (Å²) in [5.41, 5.74) is 0. The van der Waals surface area contributed by atoms with Gasteiger partial charge in [0.25, 0.3) is 5.91 Å². The van der Waals surface area contributed by atoms with Gasteiger partial charge < -0.3 is 14.5 Å². The molecule has 0 spiro atoms. The zero-order chi connectivity index (χ0) is 15.5. The zero-order valence-corrected chi connectivity index (χ0v) is 12.9. The molecule has 7 nitrogen and oxygen atoms in total. The molecule has 2 atom stereocenters. The lowest BCUT2D eigenvalue weighted by Gasteiger charge is -2.34. The predicted molar refractivity (Wildman–Crippen MR) is 76.4 cm³/mol. The molecule has 118 valence electrons. The molecule has 0 radical (unpaired) electrons. The van der Waals surface area contributed by atoms with Crippen LogP contribution in [0.15, 0.2) is 22.8 Å². The number of sulfonamides is 1. The highest BCUT2D eigenvalue weighted by Crippen LogP contribution is 2.14. The molecule has 0 aromatic carbocycles. The van der Waals surface area contributed by atoms with E-state index >= 15 is 0 Å².